The van der Waals surface area contributed by atoms with Crippen molar-refractivity contribution in [3.05, 3.63) is 52.7 Å². The van der Waals surface area contributed by atoms with E-state index in [1.807, 2.05) is 39.0 Å². The van der Waals surface area contributed by atoms with Crippen LogP contribution in [0.1, 0.15) is 27.0 Å². The maximum atomic E-state index is 12.2. The highest BCUT2D eigenvalue weighted by Crippen LogP contribution is 2.16. The maximum Gasteiger partial charge on any atom is 0.256 e. The Kier molecular flexibility index (Phi) is 3.51. The molecular weight excluding hydrogens is 238 g/mol. The Labute approximate surface area is 112 Å². The molecule has 0 radical (unpaired) electrons. The summed E-state index contributed by atoms with van der Waals surface area (Å²) in [4.78, 5) is 16.3. The largest absolute Gasteiger partial charge is 0.397 e. The lowest BCUT2D eigenvalue weighted by Gasteiger charge is -2.09. The number of hydrogen-bond acceptors (Lipinski definition) is 3. The van der Waals surface area contributed by atoms with Crippen molar-refractivity contribution in [3.8, 4) is 0 Å². The molecule has 0 aliphatic rings. The van der Waals surface area contributed by atoms with Crippen molar-refractivity contribution in [1.82, 2.24) is 4.98 Å². The number of rotatable bonds is 2. The SMILES string of the molecule is Cc1cc(C)cc(C(=O)Nc2ncc(N)cc2C)c1. The zero-order valence-corrected chi connectivity index (χ0v) is 11.3. The topological polar surface area (TPSA) is 68.0 Å². The lowest BCUT2D eigenvalue weighted by molar-refractivity contribution is 0.102. The zero-order valence-electron chi connectivity index (χ0n) is 11.3. The summed E-state index contributed by atoms with van der Waals surface area (Å²) in [6.45, 7) is 5.80. The number of carbonyl (C=O) groups is 1. The van der Waals surface area contributed by atoms with Crippen molar-refractivity contribution >= 4 is 17.4 Å². The van der Waals surface area contributed by atoms with Gasteiger partial charge in [-0.15, -0.1) is 0 Å². The number of aromatic nitrogens is 1. The summed E-state index contributed by atoms with van der Waals surface area (Å²) < 4.78 is 0. The van der Waals surface area contributed by atoms with Crippen LogP contribution in [-0.4, -0.2) is 10.9 Å². The lowest BCUT2D eigenvalue weighted by Crippen LogP contribution is -2.14. The number of hydrogen-bond donors (Lipinski definition) is 2. The minimum absolute atomic E-state index is 0.160. The van der Waals surface area contributed by atoms with Gasteiger partial charge in [-0.25, -0.2) is 4.98 Å². The molecule has 98 valence electrons. The van der Waals surface area contributed by atoms with Gasteiger partial charge in [0, 0.05) is 5.56 Å². The van der Waals surface area contributed by atoms with Crippen molar-refractivity contribution < 1.29 is 4.79 Å². The molecule has 2 aromatic rings. The van der Waals surface area contributed by atoms with Crippen LogP contribution in [0.3, 0.4) is 0 Å². The first-order chi connectivity index (χ1) is 8.95. The first-order valence-corrected chi connectivity index (χ1v) is 6.07. The van der Waals surface area contributed by atoms with Crippen LogP contribution in [0.15, 0.2) is 30.5 Å². The molecule has 1 aromatic heterocycles. The maximum absolute atomic E-state index is 12.2. The van der Waals surface area contributed by atoms with Gasteiger partial charge >= 0.3 is 0 Å². The highest BCUT2D eigenvalue weighted by atomic mass is 16.1. The molecule has 0 bridgehead atoms. The molecular formula is C15H17N3O. The molecule has 1 aromatic carbocycles. The molecule has 0 spiro atoms. The summed E-state index contributed by atoms with van der Waals surface area (Å²) in [6, 6.07) is 7.53. The van der Waals surface area contributed by atoms with Crippen LogP contribution in [0.5, 0.6) is 0 Å². The van der Waals surface area contributed by atoms with Crippen molar-refractivity contribution in [2.24, 2.45) is 0 Å². The summed E-state index contributed by atoms with van der Waals surface area (Å²) >= 11 is 0. The summed E-state index contributed by atoms with van der Waals surface area (Å²) in [5.41, 5.74) is 9.82. The Hall–Kier alpha value is -2.36. The molecule has 0 atom stereocenters. The van der Waals surface area contributed by atoms with E-state index in [-0.39, 0.29) is 5.91 Å². The third-order valence-corrected chi connectivity index (χ3v) is 2.82. The Morgan fingerprint density at radius 2 is 1.74 bits per heavy atom. The van der Waals surface area contributed by atoms with E-state index in [0.29, 0.717) is 17.1 Å². The molecule has 0 fully saturated rings. The van der Waals surface area contributed by atoms with Crippen molar-refractivity contribution in [2.75, 3.05) is 11.1 Å². The average Bonchev–Trinajstić information content (AvgIpc) is 2.31. The number of pyridine rings is 1. The van der Waals surface area contributed by atoms with E-state index < -0.39 is 0 Å². The molecule has 0 aliphatic carbocycles. The summed E-state index contributed by atoms with van der Waals surface area (Å²) in [5, 5.41) is 2.80. The number of aryl methyl sites for hydroxylation is 3. The molecule has 4 nitrogen and oxygen atoms in total. The molecule has 19 heavy (non-hydrogen) atoms. The normalized spacial score (nSPS) is 10.3. The zero-order chi connectivity index (χ0) is 14.0. The van der Waals surface area contributed by atoms with Crippen LogP contribution in [0.25, 0.3) is 0 Å². The monoisotopic (exact) mass is 255 g/mol. The number of nitrogens with one attached hydrogen (secondary N) is 1. The quantitative estimate of drug-likeness (QED) is 0.867. The second-order valence-electron chi connectivity index (χ2n) is 4.76. The highest BCUT2D eigenvalue weighted by Gasteiger charge is 2.09. The molecule has 1 heterocycles. The Morgan fingerprint density at radius 3 is 2.32 bits per heavy atom. The van der Waals surface area contributed by atoms with E-state index in [4.69, 9.17) is 5.73 Å². The standard InChI is InChI=1S/C15H17N3O/c1-9-4-10(2)6-12(5-9)15(19)18-14-11(3)7-13(16)8-17-14/h4-8H,16H2,1-3H3,(H,17,18,19). The van der Waals surface area contributed by atoms with Gasteiger partial charge in [-0.2, -0.15) is 0 Å². The summed E-state index contributed by atoms with van der Waals surface area (Å²) in [7, 11) is 0. The van der Waals surface area contributed by atoms with E-state index >= 15 is 0 Å². The molecule has 0 saturated carbocycles. The molecule has 0 aliphatic heterocycles. The van der Waals surface area contributed by atoms with E-state index in [1.54, 1.807) is 6.07 Å². The Bertz CT molecular complexity index is 615. The van der Waals surface area contributed by atoms with E-state index in [1.165, 1.54) is 6.20 Å². The first-order valence-electron chi connectivity index (χ1n) is 6.07. The fourth-order valence-corrected chi connectivity index (χ4v) is 2.01. The lowest BCUT2D eigenvalue weighted by atomic mass is 10.1. The second-order valence-corrected chi connectivity index (χ2v) is 4.76. The van der Waals surface area contributed by atoms with Gasteiger partial charge in [-0.1, -0.05) is 17.2 Å². The molecule has 0 unspecified atom stereocenters. The van der Waals surface area contributed by atoms with Crippen LogP contribution in [0.4, 0.5) is 11.5 Å². The average molecular weight is 255 g/mol. The van der Waals surface area contributed by atoms with Crippen LogP contribution < -0.4 is 11.1 Å². The first kappa shape index (κ1) is 13.1. The van der Waals surface area contributed by atoms with E-state index in [9.17, 15) is 4.79 Å². The minimum Gasteiger partial charge on any atom is -0.397 e. The fourth-order valence-electron chi connectivity index (χ4n) is 2.01. The number of benzene rings is 1. The van der Waals surface area contributed by atoms with Crippen LogP contribution in [0, 0.1) is 20.8 Å². The van der Waals surface area contributed by atoms with Crippen LogP contribution in [-0.2, 0) is 0 Å². The molecule has 1 amide bonds. The van der Waals surface area contributed by atoms with Crippen molar-refractivity contribution in [2.45, 2.75) is 20.8 Å². The highest BCUT2D eigenvalue weighted by molar-refractivity contribution is 6.04. The number of anilines is 2. The van der Waals surface area contributed by atoms with Gasteiger partial charge in [0.2, 0.25) is 0 Å². The van der Waals surface area contributed by atoms with Crippen LogP contribution >= 0.6 is 0 Å². The number of nitrogens with two attached hydrogens (primary N) is 1. The van der Waals surface area contributed by atoms with Gasteiger partial charge in [-0.05, 0) is 44.5 Å². The summed E-state index contributed by atoms with van der Waals surface area (Å²) in [5.74, 6) is 0.380. The van der Waals surface area contributed by atoms with E-state index in [2.05, 4.69) is 10.3 Å². The molecule has 0 saturated heterocycles. The Balaban J connectivity index is 2.25. The fraction of sp³-hybridized carbons (Fsp3) is 0.200. The van der Waals surface area contributed by atoms with Gasteiger partial charge < -0.3 is 11.1 Å². The Morgan fingerprint density at radius 1 is 1.11 bits per heavy atom. The number of nitrogen functional groups attached to an aromatic ring is 1. The third-order valence-electron chi connectivity index (χ3n) is 2.82. The predicted molar refractivity (Wildman–Crippen MR) is 77.3 cm³/mol. The number of amides is 1. The van der Waals surface area contributed by atoms with Gasteiger partial charge in [0.1, 0.15) is 5.82 Å². The van der Waals surface area contributed by atoms with Gasteiger partial charge in [0.15, 0.2) is 0 Å². The third kappa shape index (κ3) is 3.10. The van der Waals surface area contributed by atoms with Crippen LogP contribution in [0.2, 0.25) is 0 Å². The smallest absolute Gasteiger partial charge is 0.256 e. The predicted octanol–water partition coefficient (Wildman–Crippen LogP) is 2.84. The van der Waals surface area contributed by atoms with Gasteiger partial charge in [-0.3, -0.25) is 4.79 Å². The second kappa shape index (κ2) is 5.10. The van der Waals surface area contributed by atoms with Crippen molar-refractivity contribution in [3.63, 3.8) is 0 Å². The molecule has 2 rings (SSSR count). The number of carbonyl (C=O) groups excluding carboxylic acids is 1. The minimum atomic E-state index is -0.160. The summed E-state index contributed by atoms with van der Waals surface area (Å²) in [6.07, 6.45) is 1.53. The van der Waals surface area contributed by atoms with Crippen molar-refractivity contribution in [1.29, 1.82) is 0 Å². The molecule has 3 N–H and O–H groups in total. The van der Waals surface area contributed by atoms with E-state index in [0.717, 1.165) is 16.7 Å². The molecule has 4 heteroatoms. The number of nitrogens with zero attached hydrogens (tertiary/aromatic N) is 1. The van der Waals surface area contributed by atoms with Gasteiger partial charge in [0.05, 0.1) is 11.9 Å². The van der Waals surface area contributed by atoms with Gasteiger partial charge in [0.25, 0.3) is 5.91 Å².